The summed E-state index contributed by atoms with van der Waals surface area (Å²) in [5, 5.41) is 3.02. The van der Waals surface area contributed by atoms with Crippen molar-refractivity contribution in [3.63, 3.8) is 0 Å². The molecule has 0 aliphatic carbocycles. The molecule has 2 atom stereocenters. The molecule has 0 spiro atoms. The van der Waals surface area contributed by atoms with Gasteiger partial charge in [0, 0.05) is 6.04 Å². The van der Waals surface area contributed by atoms with Crippen molar-refractivity contribution in [1.29, 1.82) is 0 Å². The largest absolute Gasteiger partial charge is 0.468 e. The molecule has 1 aromatic carbocycles. The SMILES string of the molecule is CCC(C)NC(C(=O)OC)c1ccc(F)c(F)c1. The fraction of sp³-hybridized carbons (Fsp3) is 0.462. The molecule has 1 N–H and O–H groups in total. The third-order valence-corrected chi connectivity index (χ3v) is 2.78. The van der Waals surface area contributed by atoms with Gasteiger partial charge in [-0.1, -0.05) is 13.0 Å². The highest BCUT2D eigenvalue weighted by Gasteiger charge is 2.23. The van der Waals surface area contributed by atoms with Gasteiger partial charge in [0.1, 0.15) is 6.04 Å². The average molecular weight is 257 g/mol. The van der Waals surface area contributed by atoms with Crippen LogP contribution in [0.2, 0.25) is 0 Å². The van der Waals surface area contributed by atoms with Crippen molar-refractivity contribution >= 4 is 5.97 Å². The van der Waals surface area contributed by atoms with Gasteiger partial charge in [0.25, 0.3) is 0 Å². The monoisotopic (exact) mass is 257 g/mol. The van der Waals surface area contributed by atoms with Crippen molar-refractivity contribution in [2.75, 3.05) is 7.11 Å². The molecule has 0 aliphatic rings. The molecule has 0 heterocycles. The first-order chi connectivity index (χ1) is 8.49. The summed E-state index contributed by atoms with van der Waals surface area (Å²) in [5.74, 6) is -2.44. The molecule has 18 heavy (non-hydrogen) atoms. The zero-order chi connectivity index (χ0) is 13.7. The number of rotatable bonds is 5. The van der Waals surface area contributed by atoms with Crippen LogP contribution in [0, 0.1) is 11.6 Å². The summed E-state index contributed by atoms with van der Waals surface area (Å²) in [6.07, 6.45) is 0.803. The fourth-order valence-corrected chi connectivity index (χ4v) is 1.51. The molecule has 1 rings (SSSR count). The molecule has 0 bridgehead atoms. The molecule has 0 aliphatic heterocycles. The molecule has 0 saturated carbocycles. The molecular formula is C13H17F2NO2. The van der Waals surface area contributed by atoms with Gasteiger partial charge in [0.05, 0.1) is 7.11 Å². The van der Waals surface area contributed by atoms with Crippen LogP contribution in [0.4, 0.5) is 8.78 Å². The van der Waals surface area contributed by atoms with Gasteiger partial charge < -0.3 is 4.74 Å². The van der Waals surface area contributed by atoms with Crippen molar-refractivity contribution in [3.8, 4) is 0 Å². The van der Waals surface area contributed by atoms with Crippen molar-refractivity contribution in [1.82, 2.24) is 5.32 Å². The van der Waals surface area contributed by atoms with E-state index in [2.05, 4.69) is 10.1 Å². The Hall–Kier alpha value is -1.49. The summed E-state index contributed by atoms with van der Waals surface area (Å²) in [7, 11) is 1.26. The van der Waals surface area contributed by atoms with Crippen LogP contribution in [0.25, 0.3) is 0 Å². The van der Waals surface area contributed by atoms with E-state index in [4.69, 9.17) is 0 Å². The molecule has 3 nitrogen and oxygen atoms in total. The van der Waals surface area contributed by atoms with Gasteiger partial charge in [-0.05, 0) is 31.0 Å². The number of hydrogen-bond donors (Lipinski definition) is 1. The number of hydrogen-bond acceptors (Lipinski definition) is 3. The Labute approximate surface area is 105 Å². The number of carbonyl (C=O) groups is 1. The molecule has 1 aromatic rings. The summed E-state index contributed by atoms with van der Waals surface area (Å²) in [4.78, 5) is 11.7. The summed E-state index contributed by atoms with van der Waals surface area (Å²) >= 11 is 0. The van der Waals surface area contributed by atoms with E-state index in [0.29, 0.717) is 5.56 Å². The smallest absolute Gasteiger partial charge is 0.327 e. The molecule has 5 heteroatoms. The van der Waals surface area contributed by atoms with Gasteiger partial charge in [-0.3, -0.25) is 5.32 Å². The number of benzene rings is 1. The minimum atomic E-state index is -0.979. The maximum Gasteiger partial charge on any atom is 0.327 e. The molecule has 0 amide bonds. The van der Waals surface area contributed by atoms with E-state index in [1.54, 1.807) is 0 Å². The van der Waals surface area contributed by atoms with Crippen LogP contribution >= 0.6 is 0 Å². The summed E-state index contributed by atoms with van der Waals surface area (Å²) in [5.41, 5.74) is 0.348. The lowest BCUT2D eigenvalue weighted by Crippen LogP contribution is -2.35. The number of esters is 1. The number of nitrogens with one attached hydrogen (secondary N) is 1. The average Bonchev–Trinajstić information content (AvgIpc) is 2.38. The number of methoxy groups -OCH3 is 1. The van der Waals surface area contributed by atoms with Gasteiger partial charge in [-0.25, -0.2) is 13.6 Å². The van der Waals surface area contributed by atoms with Crippen LogP contribution in [0.5, 0.6) is 0 Å². The van der Waals surface area contributed by atoms with E-state index in [-0.39, 0.29) is 6.04 Å². The van der Waals surface area contributed by atoms with E-state index < -0.39 is 23.6 Å². The maximum atomic E-state index is 13.2. The summed E-state index contributed by atoms with van der Waals surface area (Å²) in [6, 6.07) is 2.64. The molecule has 0 radical (unpaired) electrons. The van der Waals surface area contributed by atoms with Gasteiger partial charge in [0.2, 0.25) is 0 Å². The minimum absolute atomic E-state index is 0.0576. The van der Waals surface area contributed by atoms with Crippen molar-refractivity contribution < 1.29 is 18.3 Å². The molecule has 100 valence electrons. The quantitative estimate of drug-likeness (QED) is 0.824. The summed E-state index contributed by atoms with van der Waals surface area (Å²) < 4.78 is 30.7. The van der Waals surface area contributed by atoms with Gasteiger partial charge in [-0.2, -0.15) is 0 Å². The maximum absolute atomic E-state index is 13.2. The second-order valence-corrected chi connectivity index (χ2v) is 4.11. The van der Waals surface area contributed by atoms with Crippen molar-refractivity contribution in [2.45, 2.75) is 32.4 Å². The minimum Gasteiger partial charge on any atom is -0.468 e. The zero-order valence-corrected chi connectivity index (χ0v) is 10.7. The Morgan fingerprint density at radius 1 is 1.39 bits per heavy atom. The van der Waals surface area contributed by atoms with Gasteiger partial charge >= 0.3 is 5.97 Å². The Morgan fingerprint density at radius 2 is 2.06 bits per heavy atom. The predicted molar refractivity (Wildman–Crippen MR) is 64.0 cm³/mol. The van der Waals surface area contributed by atoms with Crippen LogP contribution in [-0.4, -0.2) is 19.1 Å². The van der Waals surface area contributed by atoms with Crippen molar-refractivity contribution in [2.24, 2.45) is 0 Å². The second-order valence-electron chi connectivity index (χ2n) is 4.11. The van der Waals surface area contributed by atoms with Crippen molar-refractivity contribution in [3.05, 3.63) is 35.4 Å². The normalized spacial score (nSPS) is 14.1. The van der Waals surface area contributed by atoms with Crippen LogP contribution in [0.3, 0.4) is 0 Å². The number of carbonyl (C=O) groups excluding carboxylic acids is 1. The molecular weight excluding hydrogens is 240 g/mol. The third kappa shape index (κ3) is 3.50. The van der Waals surface area contributed by atoms with E-state index >= 15 is 0 Å². The first-order valence-corrected chi connectivity index (χ1v) is 5.78. The molecule has 0 saturated heterocycles. The van der Waals surface area contributed by atoms with E-state index in [1.807, 2.05) is 13.8 Å². The standard InChI is InChI=1S/C13H17F2NO2/c1-4-8(2)16-12(13(17)18-3)9-5-6-10(14)11(15)7-9/h5-8,12,16H,4H2,1-3H3. The number of ether oxygens (including phenoxy) is 1. The topological polar surface area (TPSA) is 38.3 Å². The Balaban J connectivity index is 3.01. The Bertz CT molecular complexity index is 423. The summed E-state index contributed by atoms with van der Waals surface area (Å²) in [6.45, 7) is 3.85. The van der Waals surface area contributed by atoms with Gasteiger partial charge in [-0.15, -0.1) is 0 Å². The first kappa shape index (κ1) is 14.6. The van der Waals surface area contributed by atoms with Gasteiger partial charge in [0.15, 0.2) is 11.6 Å². The molecule has 0 aromatic heterocycles. The Morgan fingerprint density at radius 3 is 2.56 bits per heavy atom. The van der Waals surface area contributed by atoms with E-state index in [9.17, 15) is 13.6 Å². The fourth-order valence-electron chi connectivity index (χ4n) is 1.51. The van der Waals surface area contributed by atoms with E-state index in [0.717, 1.165) is 18.6 Å². The highest BCUT2D eigenvalue weighted by Crippen LogP contribution is 2.18. The predicted octanol–water partition coefficient (Wildman–Crippen LogP) is 2.57. The highest BCUT2D eigenvalue weighted by atomic mass is 19.2. The Kier molecular flexibility index (Phi) is 5.22. The second kappa shape index (κ2) is 6.44. The van der Waals surface area contributed by atoms with Crippen LogP contribution in [0.15, 0.2) is 18.2 Å². The van der Waals surface area contributed by atoms with E-state index in [1.165, 1.54) is 13.2 Å². The van der Waals surface area contributed by atoms with Crippen LogP contribution in [0.1, 0.15) is 31.9 Å². The third-order valence-electron chi connectivity index (χ3n) is 2.78. The molecule has 2 unspecified atom stereocenters. The van der Waals surface area contributed by atoms with Crippen LogP contribution in [-0.2, 0) is 9.53 Å². The lowest BCUT2D eigenvalue weighted by Gasteiger charge is -2.21. The first-order valence-electron chi connectivity index (χ1n) is 5.78. The lowest BCUT2D eigenvalue weighted by atomic mass is 10.1. The molecule has 0 fully saturated rings. The zero-order valence-electron chi connectivity index (χ0n) is 10.7. The highest BCUT2D eigenvalue weighted by molar-refractivity contribution is 5.77. The van der Waals surface area contributed by atoms with Crippen LogP contribution < -0.4 is 5.32 Å². The number of halogens is 2. The lowest BCUT2D eigenvalue weighted by molar-refractivity contribution is -0.143.